The molecule has 0 saturated heterocycles. The van der Waals surface area contributed by atoms with Crippen LogP contribution in [-0.2, 0) is 4.79 Å². The Balaban J connectivity index is 2.57. The second-order valence-corrected chi connectivity index (χ2v) is 4.40. The summed E-state index contributed by atoms with van der Waals surface area (Å²) < 4.78 is 35.8. The fourth-order valence-corrected chi connectivity index (χ4v) is 1.83. The summed E-state index contributed by atoms with van der Waals surface area (Å²) in [4.78, 5) is 10.7. The quantitative estimate of drug-likeness (QED) is 0.705. The number of carbonyl (C=O) groups is 1. The van der Waals surface area contributed by atoms with E-state index in [0.29, 0.717) is 6.42 Å². The lowest BCUT2D eigenvalue weighted by Gasteiger charge is -2.27. The molecule has 0 heterocycles. The van der Waals surface area contributed by atoms with Crippen LogP contribution in [0.15, 0.2) is 0 Å². The maximum atomic E-state index is 11.9. The van der Waals surface area contributed by atoms with Crippen molar-refractivity contribution >= 4 is 5.91 Å². The third-order valence-corrected chi connectivity index (χ3v) is 2.82. The number of halogens is 3. The predicted molar refractivity (Wildman–Crippen MR) is 45.6 cm³/mol. The Labute approximate surface area is 80.9 Å². The van der Waals surface area contributed by atoms with E-state index in [1.165, 1.54) is 0 Å². The maximum absolute atomic E-state index is 11.9. The Kier molecular flexibility index (Phi) is 2.78. The summed E-state index contributed by atoms with van der Waals surface area (Å²) in [6.07, 6.45) is -2.40. The summed E-state index contributed by atoms with van der Waals surface area (Å²) in [6.45, 7) is 3.75. The molecule has 1 aliphatic carbocycles. The number of carbonyl (C=O) groups excluding carboxylic acids is 1. The van der Waals surface area contributed by atoms with Crippen LogP contribution >= 0.6 is 0 Å². The number of amides is 1. The minimum absolute atomic E-state index is 0.221. The van der Waals surface area contributed by atoms with E-state index in [9.17, 15) is 18.0 Å². The third-order valence-electron chi connectivity index (χ3n) is 2.82. The summed E-state index contributed by atoms with van der Waals surface area (Å²) in [7, 11) is 0. The molecule has 0 bridgehead atoms. The molecule has 1 rings (SSSR count). The van der Waals surface area contributed by atoms with Gasteiger partial charge in [0.2, 0.25) is 0 Å². The van der Waals surface area contributed by atoms with Crippen LogP contribution in [0.25, 0.3) is 0 Å². The first-order chi connectivity index (χ1) is 6.23. The highest BCUT2D eigenvalue weighted by Crippen LogP contribution is 2.37. The Morgan fingerprint density at radius 2 is 2.00 bits per heavy atom. The van der Waals surface area contributed by atoms with Crippen molar-refractivity contribution in [3.05, 3.63) is 0 Å². The van der Waals surface area contributed by atoms with Gasteiger partial charge in [0.25, 0.3) is 0 Å². The SMILES string of the molecule is CC1(C)CCCC1NC(=O)C(F)(F)F. The van der Waals surface area contributed by atoms with Crippen LogP contribution in [0.1, 0.15) is 33.1 Å². The summed E-state index contributed by atoms with van der Waals surface area (Å²) in [5.74, 6) is -1.82. The van der Waals surface area contributed by atoms with Crippen LogP contribution in [0.3, 0.4) is 0 Å². The van der Waals surface area contributed by atoms with Crippen molar-refractivity contribution in [1.29, 1.82) is 0 Å². The van der Waals surface area contributed by atoms with Gasteiger partial charge >= 0.3 is 12.1 Å². The second-order valence-electron chi connectivity index (χ2n) is 4.40. The molecule has 1 saturated carbocycles. The van der Waals surface area contributed by atoms with E-state index >= 15 is 0 Å². The van der Waals surface area contributed by atoms with E-state index in [2.05, 4.69) is 0 Å². The first-order valence-electron chi connectivity index (χ1n) is 4.61. The molecule has 82 valence electrons. The van der Waals surface area contributed by atoms with E-state index in [0.717, 1.165) is 12.8 Å². The van der Waals surface area contributed by atoms with Crippen LogP contribution in [-0.4, -0.2) is 18.1 Å². The molecule has 1 unspecified atom stereocenters. The lowest BCUT2D eigenvalue weighted by Crippen LogP contribution is -2.47. The molecule has 1 atom stereocenters. The Hall–Kier alpha value is -0.740. The third kappa shape index (κ3) is 2.39. The normalized spacial score (nSPS) is 26.2. The predicted octanol–water partition coefficient (Wildman–Crippen LogP) is 2.24. The molecule has 0 aromatic rings. The van der Waals surface area contributed by atoms with Crippen LogP contribution < -0.4 is 5.32 Å². The van der Waals surface area contributed by atoms with Gasteiger partial charge in [-0.2, -0.15) is 13.2 Å². The van der Waals surface area contributed by atoms with Gasteiger partial charge in [0, 0.05) is 6.04 Å². The summed E-state index contributed by atoms with van der Waals surface area (Å²) in [5.41, 5.74) is -0.221. The molecule has 14 heavy (non-hydrogen) atoms. The topological polar surface area (TPSA) is 29.1 Å². The van der Waals surface area contributed by atoms with Gasteiger partial charge in [-0.1, -0.05) is 20.3 Å². The van der Waals surface area contributed by atoms with Gasteiger partial charge in [-0.05, 0) is 18.3 Å². The van der Waals surface area contributed by atoms with Gasteiger partial charge in [0.15, 0.2) is 0 Å². The van der Waals surface area contributed by atoms with Crippen molar-refractivity contribution in [2.45, 2.75) is 45.3 Å². The van der Waals surface area contributed by atoms with Crippen LogP contribution in [0.4, 0.5) is 13.2 Å². The van der Waals surface area contributed by atoms with E-state index < -0.39 is 12.1 Å². The van der Waals surface area contributed by atoms with Crippen molar-refractivity contribution in [2.24, 2.45) is 5.41 Å². The summed E-state index contributed by atoms with van der Waals surface area (Å²) in [6, 6.07) is -0.350. The Morgan fingerprint density at radius 3 is 2.36 bits per heavy atom. The molecular weight excluding hydrogens is 195 g/mol. The van der Waals surface area contributed by atoms with Gasteiger partial charge in [0.1, 0.15) is 0 Å². The maximum Gasteiger partial charge on any atom is 0.471 e. The van der Waals surface area contributed by atoms with Crippen molar-refractivity contribution in [3.8, 4) is 0 Å². The molecule has 0 aliphatic heterocycles. The molecule has 2 nitrogen and oxygen atoms in total. The van der Waals surface area contributed by atoms with E-state index in [1.54, 1.807) is 0 Å². The second kappa shape index (κ2) is 3.44. The molecule has 0 aromatic heterocycles. The number of hydrogen-bond acceptors (Lipinski definition) is 1. The zero-order chi connectivity index (χ0) is 11.0. The number of nitrogens with one attached hydrogen (secondary N) is 1. The van der Waals surface area contributed by atoms with Crippen molar-refractivity contribution in [1.82, 2.24) is 5.32 Å². The fourth-order valence-electron chi connectivity index (χ4n) is 1.83. The Morgan fingerprint density at radius 1 is 1.43 bits per heavy atom. The molecular formula is C9H14F3NO. The number of alkyl halides is 3. The van der Waals surface area contributed by atoms with Gasteiger partial charge < -0.3 is 5.32 Å². The lowest BCUT2D eigenvalue weighted by molar-refractivity contribution is -0.175. The highest BCUT2D eigenvalue weighted by Gasteiger charge is 2.43. The molecule has 1 N–H and O–H groups in total. The highest BCUT2D eigenvalue weighted by atomic mass is 19.4. The van der Waals surface area contributed by atoms with Gasteiger partial charge in [-0.3, -0.25) is 4.79 Å². The molecule has 1 amide bonds. The summed E-state index contributed by atoms with van der Waals surface area (Å²) in [5, 5.41) is 2.05. The van der Waals surface area contributed by atoms with Crippen molar-refractivity contribution in [2.75, 3.05) is 0 Å². The molecule has 1 fully saturated rings. The highest BCUT2D eigenvalue weighted by molar-refractivity contribution is 5.82. The van der Waals surface area contributed by atoms with Crippen LogP contribution in [0.5, 0.6) is 0 Å². The Bertz CT molecular complexity index is 235. The molecule has 0 radical (unpaired) electrons. The fraction of sp³-hybridized carbons (Fsp3) is 0.889. The number of rotatable bonds is 1. The number of hydrogen-bond donors (Lipinski definition) is 1. The van der Waals surface area contributed by atoms with Gasteiger partial charge in [0.05, 0.1) is 0 Å². The van der Waals surface area contributed by atoms with Crippen LogP contribution in [0.2, 0.25) is 0 Å². The van der Waals surface area contributed by atoms with Crippen LogP contribution in [0, 0.1) is 5.41 Å². The molecule has 1 aliphatic rings. The minimum atomic E-state index is -4.77. The van der Waals surface area contributed by atoms with E-state index in [1.807, 2.05) is 19.2 Å². The van der Waals surface area contributed by atoms with E-state index in [-0.39, 0.29) is 11.5 Å². The smallest absolute Gasteiger partial charge is 0.345 e. The van der Waals surface area contributed by atoms with Crippen molar-refractivity contribution in [3.63, 3.8) is 0 Å². The molecule has 0 aromatic carbocycles. The largest absolute Gasteiger partial charge is 0.471 e. The zero-order valence-electron chi connectivity index (χ0n) is 8.24. The van der Waals surface area contributed by atoms with E-state index in [4.69, 9.17) is 0 Å². The molecule has 5 heteroatoms. The first-order valence-corrected chi connectivity index (χ1v) is 4.61. The zero-order valence-corrected chi connectivity index (χ0v) is 8.24. The monoisotopic (exact) mass is 209 g/mol. The van der Waals surface area contributed by atoms with Gasteiger partial charge in [-0.25, -0.2) is 0 Å². The van der Waals surface area contributed by atoms with Gasteiger partial charge in [-0.15, -0.1) is 0 Å². The first kappa shape index (κ1) is 11.3. The van der Waals surface area contributed by atoms with Crippen molar-refractivity contribution < 1.29 is 18.0 Å². The molecule has 0 spiro atoms. The lowest BCUT2D eigenvalue weighted by atomic mass is 9.87. The summed E-state index contributed by atoms with van der Waals surface area (Å²) >= 11 is 0. The standard InChI is InChI=1S/C9H14F3NO/c1-8(2)5-3-4-6(8)13-7(14)9(10,11)12/h6H,3-5H2,1-2H3,(H,13,14). The average molecular weight is 209 g/mol. The average Bonchev–Trinajstić information content (AvgIpc) is 2.29. The minimum Gasteiger partial charge on any atom is -0.345 e.